The van der Waals surface area contributed by atoms with Gasteiger partial charge in [-0.05, 0) is 93.4 Å². The van der Waals surface area contributed by atoms with Crippen molar-refractivity contribution < 1.29 is 65.7 Å². The number of rotatable bonds is 12. The van der Waals surface area contributed by atoms with E-state index >= 15 is 8.78 Å². The SMILES string of the molecule is COc1cc(OC)c(F)c(C(=O)c2oc3cnc(N(C(=O)OC(C)(C)C)c4ccc(OCC5(NC(=O)OC(C)(C)C)CC5)cc4[N+](=O)[O-])cc3c2N(C)C(=O)OC(C)(C)C)c1F. The van der Waals surface area contributed by atoms with Gasteiger partial charge in [0, 0.05) is 13.1 Å². The Morgan fingerprint density at radius 2 is 1.44 bits per heavy atom. The molecule has 1 saturated carbocycles. The van der Waals surface area contributed by atoms with E-state index in [4.69, 9.17) is 32.8 Å². The van der Waals surface area contributed by atoms with E-state index in [1.54, 1.807) is 62.3 Å². The van der Waals surface area contributed by atoms with Gasteiger partial charge in [0.2, 0.25) is 5.78 Å². The number of nitrogens with one attached hydrogen (secondary N) is 1. The summed E-state index contributed by atoms with van der Waals surface area (Å²) < 4.78 is 69.8. The third-order valence-electron chi connectivity index (χ3n) is 8.87. The maximum atomic E-state index is 15.7. The molecule has 20 heteroatoms. The monoisotopic (exact) mass is 869 g/mol. The standard InChI is InChI=1S/C42H49F2N5O13/c1-39(2,3)60-36(51)46-42(15-16-42)21-58-22-13-14-24(25(17-22)49(54)55)48(38(53)62-41(7,8)9)29-18-23-28(20-45-29)59-35(33(23)47(10)37(52)61-40(4,5)6)34(50)30-31(43)26(56-11)19-27(57-12)32(30)44/h13-14,17-20H,15-16,21H2,1-12H3,(H,46,51). The predicted molar refractivity (Wildman–Crippen MR) is 220 cm³/mol. The molecule has 1 aliphatic carbocycles. The second-order valence-corrected chi connectivity index (χ2v) is 17.4. The fourth-order valence-electron chi connectivity index (χ4n) is 5.96. The highest BCUT2D eigenvalue weighted by Gasteiger charge is 2.46. The Hall–Kier alpha value is -6.73. The minimum Gasteiger partial charge on any atom is -0.494 e. The molecule has 0 atom stereocenters. The van der Waals surface area contributed by atoms with Crippen molar-refractivity contribution in [2.75, 3.05) is 37.7 Å². The molecule has 0 radical (unpaired) electrons. The molecule has 0 bridgehead atoms. The number of carbonyl (C=O) groups excluding carboxylic acids is 4. The van der Waals surface area contributed by atoms with Crippen LogP contribution in [0.5, 0.6) is 17.2 Å². The number of alkyl carbamates (subject to hydrolysis) is 1. The lowest BCUT2D eigenvalue weighted by molar-refractivity contribution is -0.384. The largest absolute Gasteiger partial charge is 0.494 e. The maximum absolute atomic E-state index is 15.7. The lowest BCUT2D eigenvalue weighted by Crippen LogP contribution is -2.44. The minimum atomic E-state index is -1.40. The van der Waals surface area contributed by atoms with Gasteiger partial charge in [-0.3, -0.25) is 19.8 Å². The molecule has 334 valence electrons. The fraction of sp³-hybridized carbons (Fsp3) is 0.452. The predicted octanol–water partition coefficient (Wildman–Crippen LogP) is 9.14. The highest BCUT2D eigenvalue weighted by atomic mass is 19.1. The zero-order valence-electron chi connectivity index (χ0n) is 36.4. The second-order valence-electron chi connectivity index (χ2n) is 17.4. The molecule has 0 saturated heterocycles. The molecule has 4 aromatic rings. The van der Waals surface area contributed by atoms with Crippen LogP contribution < -0.4 is 29.3 Å². The molecule has 2 aromatic carbocycles. The number of pyridine rings is 1. The topological polar surface area (TPSA) is 211 Å². The summed E-state index contributed by atoms with van der Waals surface area (Å²) in [5, 5.41) is 15.4. The number of furan rings is 1. The second kappa shape index (κ2) is 17.0. The Balaban J connectivity index is 1.66. The van der Waals surface area contributed by atoms with Crippen molar-refractivity contribution in [2.24, 2.45) is 0 Å². The zero-order chi connectivity index (χ0) is 46.3. The number of hydrogen-bond acceptors (Lipinski definition) is 14. The van der Waals surface area contributed by atoms with Gasteiger partial charge in [0.15, 0.2) is 34.5 Å². The summed E-state index contributed by atoms with van der Waals surface area (Å²) >= 11 is 0. The van der Waals surface area contributed by atoms with Crippen molar-refractivity contribution in [3.8, 4) is 17.2 Å². The number of ether oxygens (including phenoxy) is 6. The molecule has 62 heavy (non-hydrogen) atoms. The number of methoxy groups -OCH3 is 2. The van der Waals surface area contributed by atoms with Crippen molar-refractivity contribution in [3.63, 3.8) is 0 Å². The number of amides is 3. The Labute approximate surface area is 355 Å². The number of halogens is 2. The van der Waals surface area contributed by atoms with E-state index in [9.17, 15) is 29.3 Å². The smallest absolute Gasteiger partial charge is 0.420 e. The first-order chi connectivity index (χ1) is 28.7. The van der Waals surface area contributed by atoms with Crippen LogP contribution in [-0.2, 0) is 14.2 Å². The zero-order valence-corrected chi connectivity index (χ0v) is 36.4. The van der Waals surface area contributed by atoms with E-state index in [1.165, 1.54) is 25.2 Å². The van der Waals surface area contributed by atoms with Crippen LogP contribution in [0, 0.1) is 21.7 Å². The average Bonchev–Trinajstić information content (AvgIpc) is 3.80. The summed E-state index contributed by atoms with van der Waals surface area (Å²) in [7, 11) is 3.40. The number of nitro benzene ring substituents is 1. The van der Waals surface area contributed by atoms with Crippen molar-refractivity contribution in [3.05, 3.63) is 69.6 Å². The normalized spacial score (nSPS) is 13.5. The molecule has 2 heterocycles. The van der Waals surface area contributed by atoms with Crippen LogP contribution in [0.3, 0.4) is 0 Å². The summed E-state index contributed by atoms with van der Waals surface area (Å²) in [6, 6.07) is 5.74. The van der Waals surface area contributed by atoms with Crippen molar-refractivity contribution in [1.82, 2.24) is 10.3 Å². The van der Waals surface area contributed by atoms with Crippen LogP contribution in [0.1, 0.15) is 91.3 Å². The number of fused-ring (bicyclic) bond motifs is 1. The highest BCUT2D eigenvalue weighted by molar-refractivity contribution is 6.18. The van der Waals surface area contributed by atoms with Gasteiger partial charge >= 0.3 is 18.3 Å². The summed E-state index contributed by atoms with van der Waals surface area (Å²) in [4.78, 5) is 72.3. The van der Waals surface area contributed by atoms with Crippen LogP contribution in [0.25, 0.3) is 11.0 Å². The molecule has 1 fully saturated rings. The molecule has 1 N–H and O–H groups in total. The molecular formula is C42H49F2N5O13. The third kappa shape index (κ3) is 10.4. The molecule has 5 rings (SSSR count). The fourth-order valence-corrected chi connectivity index (χ4v) is 5.96. The van der Waals surface area contributed by atoms with Gasteiger partial charge in [0.05, 0.1) is 42.3 Å². The van der Waals surface area contributed by atoms with Crippen molar-refractivity contribution in [2.45, 2.75) is 97.5 Å². The van der Waals surface area contributed by atoms with Gasteiger partial charge in [0.1, 0.15) is 51.9 Å². The molecular weight excluding hydrogens is 820 g/mol. The lowest BCUT2D eigenvalue weighted by atomic mass is 10.0. The summed E-state index contributed by atoms with van der Waals surface area (Å²) in [5.74, 6) is -6.32. The first-order valence-electron chi connectivity index (χ1n) is 19.2. The number of nitrogens with zero attached hydrogens (tertiary/aromatic N) is 4. The number of ketones is 1. The first-order valence-corrected chi connectivity index (χ1v) is 19.2. The Morgan fingerprint density at radius 3 is 1.95 bits per heavy atom. The minimum absolute atomic E-state index is 0.0261. The molecule has 2 aromatic heterocycles. The molecule has 18 nitrogen and oxygen atoms in total. The van der Waals surface area contributed by atoms with E-state index in [-0.39, 0.29) is 40.5 Å². The quantitative estimate of drug-likeness (QED) is 0.0609. The van der Waals surface area contributed by atoms with E-state index in [0.717, 1.165) is 42.3 Å². The molecule has 1 aliphatic rings. The maximum Gasteiger partial charge on any atom is 0.420 e. The summed E-state index contributed by atoms with van der Waals surface area (Å²) in [6.07, 6.45) is -0.629. The van der Waals surface area contributed by atoms with E-state index in [1.807, 2.05) is 0 Å². The number of aromatic nitrogens is 1. The van der Waals surface area contributed by atoms with Crippen molar-refractivity contribution >= 4 is 57.9 Å². The van der Waals surface area contributed by atoms with Gasteiger partial charge in [-0.1, -0.05) is 0 Å². The summed E-state index contributed by atoms with van der Waals surface area (Å²) in [6.45, 7) is 14.6. The molecule has 3 amide bonds. The third-order valence-corrected chi connectivity index (χ3v) is 8.87. The van der Waals surface area contributed by atoms with Gasteiger partial charge in [0.25, 0.3) is 5.69 Å². The van der Waals surface area contributed by atoms with Crippen LogP contribution in [0.2, 0.25) is 0 Å². The number of nitro groups is 1. The summed E-state index contributed by atoms with van der Waals surface area (Å²) in [5.41, 5.74) is -6.41. The van der Waals surface area contributed by atoms with E-state index < -0.39 is 91.5 Å². The van der Waals surface area contributed by atoms with Gasteiger partial charge in [-0.15, -0.1) is 0 Å². The highest BCUT2D eigenvalue weighted by Crippen LogP contribution is 2.43. The number of anilines is 3. The Bertz CT molecular complexity index is 2400. The lowest BCUT2D eigenvalue weighted by Gasteiger charge is -2.27. The van der Waals surface area contributed by atoms with Crippen LogP contribution in [0.4, 0.5) is 46.0 Å². The van der Waals surface area contributed by atoms with Crippen molar-refractivity contribution in [1.29, 1.82) is 0 Å². The van der Waals surface area contributed by atoms with Gasteiger partial charge < -0.3 is 38.2 Å². The molecule has 0 aliphatic heterocycles. The molecule has 0 unspecified atom stereocenters. The Kier molecular flexibility index (Phi) is 12.7. The van der Waals surface area contributed by atoms with Gasteiger partial charge in [-0.25, -0.2) is 33.0 Å². The molecule has 0 spiro atoms. The van der Waals surface area contributed by atoms with E-state index in [2.05, 4.69) is 10.3 Å². The van der Waals surface area contributed by atoms with E-state index in [0.29, 0.717) is 12.8 Å². The Morgan fingerprint density at radius 1 is 0.871 bits per heavy atom. The van der Waals surface area contributed by atoms with Crippen LogP contribution in [-0.4, -0.2) is 84.2 Å². The van der Waals surface area contributed by atoms with Gasteiger partial charge in [-0.2, -0.15) is 0 Å². The number of carbonyl (C=O) groups is 4. The average molecular weight is 870 g/mol. The number of hydrogen-bond donors (Lipinski definition) is 1. The van der Waals surface area contributed by atoms with Crippen LogP contribution in [0.15, 0.2) is 40.9 Å². The van der Waals surface area contributed by atoms with Crippen LogP contribution >= 0.6 is 0 Å². The first kappa shape index (κ1) is 46.3. The number of benzene rings is 2.